The fourth-order valence-electron chi connectivity index (χ4n) is 1.71. The summed E-state index contributed by atoms with van der Waals surface area (Å²) in [6, 6.07) is 10.4. The highest BCUT2D eigenvalue weighted by Gasteiger charge is 2.05. The summed E-state index contributed by atoms with van der Waals surface area (Å²) < 4.78 is 6.45. The average Bonchev–Trinajstić information content (AvgIpc) is 2.82. The number of methoxy groups -OCH3 is 1. The van der Waals surface area contributed by atoms with Crippen LogP contribution in [0.5, 0.6) is 5.75 Å². The maximum Gasteiger partial charge on any atom is 0.127 e. The Morgan fingerprint density at radius 3 is 2.88 bits per heavy atom. The van der Waals surface area contributed by atoms with Crippen molar-refractivity contribution in [3.63, 3.8) is 0 Å². The van der Waals surface area contributed by atoms with Crippen molar-refractivity contribution < 1.29 is 10.1 Å². The largest absolute Gasteiger partial charge is 0.496 e. The topological polar surface area (TPSA) is 25.8 Å². The number of benzene rings is 1. The van der Waals surface area contributed by atoms with Crippen LogP contribution in [0, 0.1) is 0 Å². The SMILES string of the molecule is COc1ccc(Br)cc1C[NH2+]Cc1cccs1. The van der Waals surface area contributed by atoms with Crippen molar-refractivity contribution in [1.29, 1.82) is 0 Å². The molecule has 0 spiro atoms. The molecule has 0 aliphatic heterocycles. The van der Waals surface area contributed by atoms with Crippen LogP contribution in [-0.2, 0) is 13.1 Å². The van der Waals surface area contributed by atoms with Crippen LogP contribution >= 0.6 is 27.3 Å². The zero-order chi connectivity index (χ0) is 12.1. The number of quaternary nitrogens is 1. The summed E-state index contributed by atoms with van der Waals surface area (Å²) in [4.78, 5) is 1.40. The highest BCUT2D eigenvalue weighted by molar-refractivity contribution is 9.10. The Kier molecular flexibility index (Phi) is 4.59. The van der Waals surface area contributed by atoms with Crippen LogP contribution in [0.2, 0.25) is 0 Å². The summed E-state index contributed by atoms with van der Waals surface area (Å²) in [6.07, 6.45) is 0. The van der Waals surface area contributed by atoms with E-state index in [-0.39, 0.29) is 0 Å². The van der Waals surface area contributed by atoms with Gasteiger partial charge in [0.2, 0.25) is 0 Å². The fraction of sp³-hybridized carbons (Fsp3) is 0.231. The Hall–Kier alpha value is -0.840. The number of hydrogen-bond donors (Lipinski definition) is 1. The van der Waals surface area contributed by atoms with Gasteiger partial charge in [-0.2, -0.15) is 0 Å². The second kappa shape index (κ2) is 6.19. The molecule has 0 amide bonds. The lowest BCUT2D eigenvalue weighted by molar-refractivity contribution is -0.685. The molecule has 1 aromatic heterocycles. The van der Waals surface area contributed by atoms with E-state index in [9.17, 15) is 0 Å². The molecule has 0 unspecified atom stereocenters. The third-order valence-corrected chi connectivity index (χ3v) is 3.92. The van der Waals surface area contributed by atoms with Gasteiger partial charge in [0.25, 0.3) is 0 Å². The van der Waals surface area contributed by atoms with Gasteiger partial charge >= 0.3 is 0 Å². The molecule has 2 rings (SSSR count). The molecule has 2 N–H and O–H groups in total. The number of thiophene rings is 1. The Balaban J connectivity index is 1.96. The molecule has 2 nitrogen and oxygen atoms in total. The first-order valence-corrected chi connectivity index (χ1v) is 7.13. The number of halogens is 1. The van der Waals surface area contributed by atoms with Gasteiger partial charge in [-0.05, 0) is 29.6 Å². The summed E-state index contributed by atoms with van der Waals surface area (Å²) >= 11 is 5.29. The Morgan fingerprint density at radius 1 is 1.29 bits per heavy atom. The second-order valence-electron chi connectivity index (χ2n) is 3.73. The summed E-state index contributed by atoms with van der Waals surface area (Å²) in [5.41, 5.74) is 1.22. The van der Waals surface area contributed by atoms with Gasteiger partial charge in [-0.25, -0.2) is 0 Å². The molecule has 2 aromatic rings. The predicted molar refractivity (Wildman–Crippen MR) is 74.3 cm³/mol. The van der Waals surface area contributed by atoms with Gasteiger partial charge in [0.1, 0.15) is 18.8 Å². The van der Waals surface area contributed by atoms with Gasteiger partial charge in [-0.15, -0.1) is 11.3 Å². The van der Waals surface area contributed by atoms with E-state index in [0.29, 0.717) is 0 Å². The zero-order valence-electron chi connectivity index (χ0n) is 9.65. The van der Waals surface area contributed by atoms with E-state index in [2.05, 4.69) is 44.8 Å². The standard InChI is InChI=1S/C13H14BrNOS/c1-16-13-5-4-11(14)7-10(13)8-15-9-12-3-2-6-17-12/h2-7,15H,8-9H2,1H3/p+1. The van der Waals surface area contributed by atoms with Gasteiger partial charge in [-0.3, -0.25) is 0 Å². The van der Waals surface area contributed by atoms with Crippen molar-refractivity contribution in [2.24, 2.45) is 0 Å². The quantitative estimate of drug-likeness (QED) is 0.902. The van der Waals surface area contributed by atoms with Crippen molar-refractivity contribution >= 4 is 27.3 Å². The first-order chi connectivity index (χ1) is 8.29. The van der Waals surface area contributed by atoms with E-state index in [4.69, 9.17) is 4.74 Å². The fourth-order valence-corrected chi connectivity index (χ4v) is 2.82. The molecule has 0 saturated heterocycles. The molecule has 1 heterocycles. The first-order valence-electron chi connectivity index (χ1n) is 5.46. The molecule has 0 atom stereocenters. The van der Waals surface area contributed by atoms with Crippen LogP contribution in [0.15, 0.2) is 40.2 Å². The highest BCUT2D eigenvalue weighted by Crippen LogP contribution is 2.21. The van der Waals surface area contributed by atoms with E-state index >= 15 is 0 Å². The van der Waals surface area contributed by atoms with Crippen molar-refractivity contribution in [3.05, 3.63) is 50.6 Å². The van der Waals surface area contributed by atoms with Crippen molar-refractivity contribution in [3.8, 4) is 5.75 Å². The molecule has 90 valence electrons. The minimum absolute atomic E-state index is 0.931. The Bertz CT molecular complexity index is 470. The van der Waals surface area contributed by atoms with E-state index in [1.165, 1.54) is 10.4 Å². The van der Waals surface area contributed by atoms with Crippen LogP contribution in [0.4, 0.5) is 0 Å². The molecule has 0 saturated carbocycles. The molecule has 0 aliphatic carbocycles. The highest BCUT2D eigenvalue weighted by atomic mass is 79.9. The van der Waals surface area contributed by atoms with Crippen molar-refractivity contribution in [2.45, 2.75) is 13.1 Å². The van der Waals surface area contributed by atoms with E-state index in [0.717, 1.165) is 23.3 Å². The second-order valence-corrected chi connectivity index (χ2v) is 5.68. The molecule has 0 radical (unpaired) electrons. The lowest BCUT2D eigenvalue weighted by Crippen LogP contribution is -2.80. The normalized spacial score (nSPS) is 10.5. The molecule has 1 aromatic carbocycles. The van der Waals surface area contributed by atoms with Gasteiger partial charge in [0.05, 0.1) is 12.0 Å². The lowest BCUT2D eigenvalue weighted by atomic mass is 10.2. The monoisotopic (exact) mass is 312 g/mol. The van der Waals surface area contributed by atoms with Gasteiger partial charge in [-0.1, -0.05) is 22.0 Å². The number of rotatable bonds is 5. The summed E-state index contributed by atoms with van der Waals surface area (Å²) in [6.45, 7) is 1.95. The third-order valence-electron chi connectivity index (χ3n) is 2.53. The first kappa shape index (κ1) is 12.6. The molecular weight excluding hydrogens is 298 g/mol. The smallest absolute Gasteiger partial charge is 0.127 e. The number of hydrogen-bond acceptors (Lipinski definition) is 2. The lowest BCUT2D eigenvalue weighted by Gasteiger charge is -2.07. The summed E-state index contributed by atoms with van der Waals surface area (Å²) in [7, 11) is 1.71. The van der Waals surface area contributed by atoms with Gasteiger partial charge < -0.3 is 10.1 Å². The van der Waals surface area contributed by atoms with Crippen LogP contribution in [0.1, 0.15) is 10.4 Å². The van der Waals surface area contributed by atoms with Crippen molar-refractivity contribution in [2.75, 3.05) is 7.11 Å². The Labute approximate surface area is 114 Å². The van der Waals surface area contributed by atoms with Crippen LogP contribution in [-0.4, -0.2) is 7.11 Å². The minimum Gasteiger partial charge on any atom is -0.496 e. The molecule has 0 fully saturated rings. The molecule has 17 heavy (non-hydrogen) atoms. The van der Waals surface area contributed by atoms with E-state index in [1.54, 1.807) is 18.4 Å². The summed E-state index contributed by atoms with van der Waals surface area (Å²) in [5, 5.41) is 4.40. The van der Waals surface area contributed by atoms with Crippen LogP contribution in [0.25, 0.3) is 0 Å². The molecule has 0 bridgehead atoms. The van der Waals surface area contributed by atoms with Crippen LogP contribution in [0.3, 0.4) is 0 Å². The number of nitrogens with two attached hydrogens (primary N) is 1. The average molecular weight is 313 g/mol. The molecule has 4 heteroatoms. The molecular formula is C13H15BrNOS+. The maximum absolute atomic E-state index is 5.35. The van der Waals surface area contributed by atoms with Gasteiger partial charge in [0.15, 0.2) is 0 Å². The van der Waals surface area contributed by atoms with Crippen molar-refractivity contribution in [1.82, 2.24) is 0 Å². The van der Waals surface area contributed by atoms with E-state index in [1.807, 2.05) is 12.1 Å². The number of ether oxygens (including phenoxy) is 1. The zero-order valence-corrected chi connectivity index (χ0v) is 12.1. The minimum atomic E-state index is 0.931. The third kappa shape index (κ3) is 3.56. The van der Waals surface area contributed by atoms with E-state index < -0.39 is 0 Å². The maximum atomic E-state index is 5.35. The summed E-state index contributed by atoms with van der Waals surface area (Å²) in [5.74, 6) is 0.954. The molecule has 0 aliphatic rings. The Morgan fingerprint density at radius 2 is 2.18 bits per heavy atom. The van der Waals surface area contributed by atoms with Gasteiger partial charge in [0, 0.05) is 10.0 Å². The predicted octanol–water partition coefficient (Wildman–Crippen LogP) is 2.78. The van der Waals surface area contributed by atoms with Crippen LogP contribution < -0.4 is 10.1 Å².